The summed E-state index contributed by atoms with van der Waals surface area (Å²) in [5.41, 5.74) is 4.52. The number of rotatable bonds is 4. The summed E-state index contributed by atoms with van der Waals surface area (Å²) in [7, 11) is 0. The van der Waals surface area contributed by atoms with E-state index in [-0.39, 0.29) is 0 Å². The lowest BCUT2D eigenvalue weighted by Crippen LogP contribution is -1.96. The zero-order valence-corrected chi connectivity index (χ0v) is 15.5. The summed E-state index contributed by atoms with van der Waals surface area (Å²) in [6.07, 6.45) is 1.86. The van der Waals surface area contributed by atoms with Crippen LogP contribution in [-0.4, -0.2) is 9.55 Å². The van der Waals surface area contributed by atoms with Gasteiger partial charge in [0, 0.05) is 15.9 Å². The van der Waals surface area contributed by atoms with Gasteiger partial charge < -0.3 is 4.74 Å². The monoisotopic (exact) mass is 398 g/mol. The Morgan fingerprint density at radius 1 is 1.17 bits per heavy atom. The van der Waals surface area contributed by atoms with Gasteiger partial charge in [-0.25, -0.2) is 4.98 Å². The SMILES string of the molecule is Cc1ccccc1COc1csc(-n2cnc3cc(Br)ccc32)c1. The number of halogens is 1. The Labute approximate surface area is 152 Å². The summed E-state index contributed by atoms with van der Waals surface area (Å²) in [5.74, 6) is 0.886. The third-order valence-electron chi connectivity index (χ3n) is 3.96. The molecule has 2 heterocycles. The van der Waals surface area contributed by atoms with Gasteiger partial charge in [0.15, 0.2) is 0 Å². The molecule has 3 nitrogen and oxygen atoms in total. The lowest BCUT2D eigenvalue weighted by molar-refractivity contribution is 0.307. The third-order valence-corrected chi connectivity index (χ3v) is 5.36. The fraction of sp³-hybridized carbons (Fsp3) is 0.105. The van der Waals surface area contributed by atoms with Crippen molar-refractivity contribution in [3.05, 3.63) is 75.8 Å². The van der Waals surface area contributed by atoms with Crippen LogP contribution in [0, 0.1) is 6.92 Å². The van der Waals surface area contributed by atoms with Crippen LogP contribution in [0.5, 0.6) is 5.75 Å². The molecule has 120 valence electrons. The van der Waals surface area contributed by atoms with Gasteiger partial charge in [-0.3, -0.25) is 4.57 Å². The highest BCUT2D eigenvalue weighted by Gasteiger charge is 2.08. The van der Waals surface area contributed by atoms with Crippen LogP contribution in [0.2, 0.25) is 0 Å². The number of aromatic nitrogens is 2. The number of fused-ring (bicyclic) bond motifs is 1. The Morgan fingerprint density at radius 2 is 2.04 bits per heavy atom. The van der Waals surface area contributed by atoms with E-state index in [0.29, 0.717) is 6.61 Å². The molecule has 0 unspecified atom stereocenters. The number of hydrogen-bond donors (Lipinski definition) is 0. The second-order valence-corrected chi connectivity index (χ2v) is 7.39. The quantitative estimate of drug-likeness (QED) is 0.438. The summed E-state index contributed by atoms with van der Waals surface area (Å²) >= 11 is 5.14. The van der Waals surface area contributed by atoms with Gasteiger partial charge in [0.25, 0.3) is 0 Å². The van der Waals surface area contributed by atoms with Crippen LogP contribution in [0.4, 0.5) is 0 Å². The maximum absolute atomic E-state index is 5.95. The average Bonchev–Trinajstić information content (AvgIpc) is 3.20. The van der Waals surface area contributed by atoms with Crippen LogP contribution in [0.1, 0.15) is 11.1 Å². The molecule has 0 fully saturated rings. The van der Waals surface area contributed by atoms with Gasteiger partial charge in [-0.2, -0.15) is 0 Å². The van der Waals surface area contributed by atoms with Crippen LogP contribution in [0.15, 0.2) is 64.7 Å². The highest BCUT2D eigenvalue weighted by molar-refractivity contribution is 9.10. The molecule has 0 N–H and O–H groups in total. The first kappa shape index (κ1) is 15.4. The number of aryl methyl sites for hydroxylation is 1. The second kappa shape index (κ2) is 6.42. The Hall–Kier alpha value is -2.11. The topological polar surface area (TPSA) is 27.1 Å². The van der Waals surface area contributed by atoms with E-state index in [1.165, 1.54) is 11.1 Å². The number of ether oxygens (including phenoxy) is 1. The molecule has 2 aromatic carbocycles. The predicted molar refractivity (Wildman–Crippen MR) is 102 cm³/mol. The largest absolute Gasteiger partial charge is 0.488 e. The normalized spacial score (nSPS) is 11.1. The molecule has 0 saturated carbocycles. The number of imidazole rings is 1. The predicted octanol–water partition coefficient (Wildman–Crippen LogP) is 5.74. The molecule has 0 spiro atoms. The first-order chi connectivity index (χ1) is 11.7. The fourth-order valence-electron chi connectivity index (χ4n) is 2.60. The molecule has 0 aliphatic carbocycles. The van der Waals surface area contributed by atoms with E-state index in [0.717, 1.165) is 26.3 Å². The van der Waals surface area contributed by atoms with Crippen molar-refractivity contribution in [2.75, 3.05) is 0 Å². The average molecular weight is 399 g/mol. The van der Waals surface area contributed by atoms with Gasteiger partial charge in [0.2, 0.25) is 0 Å². The Bertz CT molecular complexity index is 1010. The molecule has 0 saturated heterocycles. The van der Waals surface area contributed by atoms with Crippen molar-refractivity contribution >= 4 is 38.3 Å². The first-order valence-corrected chi connectivity index (χ1v) is 9.27. The van der Waals surface area contributed by atoms with Crippen molar-refractivity contribution in [2.45, 2.75) is 13.5 Å². The summed E-state index contributed by atoms with van der Waals surface area (Å²) < 4.78 is 9.08. The molecule has 0 atom stereocenters. The molecule has 0 amide bonds. The molecule has 0 bridgehead atoms. The highest BCUT2D eigenvalue weighted by Crippen LogP contribution is 2.29. The van der Waals surface area contributed by atoms with Gasteiger partial charge in [-0.05, 0) is 36.2 Å². The van der Waals surface area contributed by atoms with Crippen LogP contribution < -0.4 is 4.74 Å². The van der Waals surface area contributed by atoms with Gasteiger partial charge in [-0.15, -0.1) is 11.3 Å². The number of thiophene rings is 1. The fourth-order valence-corrected chi connectivity index (χ4v) is 3.77. The van der Waals surface area contributed by atoms with Gasteiger partial charge >= 0.3 is 0 Å². The number of benzene rings is 2. The summed E-state index contributed by atoms with van der Waals surface area (Å²) in [6.45, 7) is 2.69. The maximum atomic E-state index is 5.95. The van der Waals surface area contributed by atoms with Gasteiger partial charge in [0.05, 0.1) is 11.0 Å². The minimum Gasteiger partial charge on any atom is -0.488 e. The second-order valence-electron chi connectivity index (χ2n) is 5.58. The Morgan fingerprint density at radius 3 is 2.92 bits per heavy atom. The van der Waals surface area contributed by atoms with Gasteiger partial charge in [0.1, 0.15) is 23.7 Å². The summed E-state index contributed by atoms with van der Waals surface area (Å²) in [5, 5.41) is 3.14. The van der Waals surface area contributed by atoms with Gasteiger partial charge in [-0.1, -0.05) is 40.2 Å². The lowest BCUT2D eigenvalue weighted by Gasteiger charge is -2.06. The summed E-state index contributed by atoms with van der Waals surface area (Å²) in [4.78, 5) is 4.47. The van der Waals surface area contributed by atoms with Crippen molar-refractivity contribution in [1.82, 2.24) is 9.55 Å². The van der Waals surface area contributed by atoms with E-state index in [2.05, 4.69) is 56.7 Å². The molecule has 4 aromatic rings. The molecule has 2 aromatic heterocycles. The molecule has 24 heavy (non-hydrogen) atoms. The molecular weight excluding hydrogens is 384 g/mol. The Balaban J connectivity index is 1.57. The molecular formula is C19H15BrN2OS. The summed E-state index contributed by atoms with van der Waals surface area (Å²) in [6, 6.07) is 16.5. The minimum atomic E-state index is 0.584. The third kappa shape index (κ3) is 2.97. The zero-order chi connectivity index (χ0) is 16.5. The van der Waals surface area contributed by atoms with Crippen molar-refractivity contribution in [3.63, 3.8) is 0 Å². The van der Waals surface area contributed by atoms with E-state index < -0.39 is 0 Å². The molecule has 0 aliphatic rings. The van der Waals surface area contributed by atoms with E-state index in [1.54, 1.807) is 11.3 Å². The molecule has 0 radical (unpaired) electrons. The zero-order valence-electron chi connectivity index (χ0n) is 13.1. The first-order valence-electron chi connectivity index (χ1n) is 7.59. The van der Waals surface area contributed by atoms with Crippen LogP contribution >= 0.6 is 27.3 Å². The van der Waals surface area contributed by atoms with Crippen molar-refractivity contribution in [1.29, 1.82) is 0 Å². The smallest absolute Gasteiger partial charge is 0.132 e. The van der Waals surface area contributed by atoms with Crippen molar-refractivity contribution in [2.24, 2.45) is 0 Å². The maximum Gasteiger partial charge on any atom is 0.132 e. The highest BCUT2D eigenvalue weighted by atomic mass is 79.9. The lowest BCUT2D eigenvalue weighted by atomic mass is 10.1. The standard InChI is InChI=1S/C19H15BrN2OS/c1-13-4-2-3-5-14(13)10-23-16-9-19(24-11-16)22-12-21-17-8-15(20)6-7-18(17)22/h2-9,11-12H,10H2,1H3. The minimum absolute atomic E-state index is 0.584. The van der Waals surface area contributed by atoms with Crippen LogP contribution in [0.25, 0.3) is 16.0 Å². The number of hydrogen-bond acceptors (Lipinski definition) is 3. The molecule has 0 aliphatic heterocycles. The van der Waals surface area contributed by atoms with Crippen LogP contribution in [0.3, 0.4) is 0 Å². The van der Waals surface area contributed by atoms with E-state index in [1.807, 2.05) is 36.0 Å². The van der Waals surface area contributed by atoms with Crippen molar-refractivity contribution in [3.8, 4) is 10.8 Å². The molecule has 4 rings (SSSR count). The van der Waals surface area contributed by atoms with E-state index >= 15 is 0 Å². The van der Waals surface area contributed by atoms with Crippen molar-refractivity contribution < 1.29 is 4.74 Å². The Kier molecular flexibility index (Phi) is 4.12. The van der Waals surface area contributed by atoms with E-state index in [9.17, 15) is 0 Å². The van der Waals surface area contributed by atoms with Crippen LogP contribution in [-0.2, 0) is 6.61 Å². The van der Waals surface area contributed by atoms with E-state index in [4.69, 9.17) is 4.74 Å². The number of nitrogens with zero attached hydrogens (tertiary/aromatic N) is 2. The molecule has 5 heteroatoms.